The quantitative estimate of drug-likeness (QED) is 0.0418. The number of phenolic OH excluding ortho intramolecular Hbond substituents is 1. The molecule has 2 aromatic rings. The molecule has 1 aliphatic heterocycles. The lowest BCUT2D eigenvalue weighted by Gasteiger charge is -2.35. The average molecular weight is 900 g/mol. The molecule has 9 N–H and O–H groups in total. The van der Waals surface area contributed by atoms with E-state index in [1.807, 2.05) is 16.0 Å². The van der Waals surface area contributed by atoms with Crippen LogP contribution in [0.2, 0.25) is 0 Å². The highest BCUT2D eigenvalue weighted by Crippen LogP contribution is 2.40. The number of carbonyl (C=O) groups excluding carboxylic acids is 7. The number of carboxylic acids is 4. The Bertz CT molecular complexity index is 2180. The monoisotopic (exact) mass is 899 g/mol. The van der Waals surface area contributed by atoms with Gasteiger partial charge in [-0.2, -0.15) is 0 Å². The number of phenols is 1. The Morgan fingerprint density at radius 2 is 1.35 bits per heavy atom. The van der Waals surface area contributed by atoms with E-state index in [0.717, 1.165) is 6.92 Å². The van der Waals surface area contributed by atoms with Gasteiger partial charge in [-0.25, -0.2) is 4.79 Å². The molecule has 1 aliphatic rings. The van der Waals surface area contributed by atoms with E-state index in [1.54, 1.807) is 0 Å². The van der Waals surface area contributed by atoms with Crippen molar-refractivity contribution in [2.45, 2.75) is 94.4 Å². The van der Waals surface area contributed by atoms with Gasteiger partial charge in [0.05, 0.1) is 54.7 Å². The van der Waals surface area contributed by atoms with Crippen molar-refractivity contribution in [2.75, 3.05) is 18.1 Å². The maximum atomic E-state index is 12.6. The minimum atomic E-state index is -5.58. The number of aromatic hydroxyl groups is 1. The predicted octanol–water partition coefficient (Wildman–Crippen LogP) is -9.42. The van der Waals surface area contributed by atoms with Gasteiger partial charge in [-0.05, 0) is 44.2 Å². The lowest BCUT2D eigenvalue weighted by atomic mass is 9.97. The first kappa shape index (κ1) is 50.1. The molecule has 0 aliphatic carbocycles. The lowest BCUT2D eigenvalue weighted by molar-refractivity contribution is -0.311. The van der Waals surface area contributed by atoms with Crippen molar-refractivity contribution >= 4 is 60.9 Å². The summed E-state index contributed by atoms with van der Waals surface area (Å²) in [5.41, 5.74) is -0.974. The van der Waals surface area contributed by atoms with E-state index in [4.69, 9.17) is 0 Å². The van der Waals surface area contributed by atoms with Gasteiger partial charge in [-0.15, -0.1) is 0 Å². The number of benzene rings is 1. The molecule has 0 radical (unpaired) electrons. The molecule has 62 heavy (non-hydrogen) atoms. The summed E-state index contributed by atoms with van der Waals surface area (Å²) in [7, 11) is -5.58. The highest BCUT2D eigenvalue weighted by atomic mass is 31.2. The summed E-state index contributed by atoms with van der Waals surface area (Å²) in [6.07, 6.45) is -12.7. The molecule has 8 atom stereocenters. The molecule has 0 fully saturated rings. The summed E-state index contributed by atoms with van der Waals surface area (Å²) in [6.45, 7) is -1.11. The number of rotatable bonds is 25. The Hall–Kier alpha value is -6.22. The molecule has 27 nitrogen and oxygen atoms in total. The minimum absolute atomic E-state index is 0.000561. The number of hydrogen-bond donors (Lipinski definition) is 9. The normalized spacial score (nSPS) is 16.4. The summed E-state index contributed by atoms with van der Waals surface area (Å²) in [4.78, 5) is 125. The standard InChI is InChI=1S/C34H45N6O21P/c1-14(29(49)37-20(33(55)56)5-8-25(45)35-18(31(51)52)4-7-24(44)36-19(32(53)54)6-9-26(46)47)61-62(58,59)60-13-23(43)27(48)22(42)12-40-21-11-16(41)3-2-15(21)10-17-28(40)38-34(57)39-30(17)50/h2-3,11,14,18-20,22-23,27,41-43,48H,4-10,12-13H2,1H3,(H,35,45)(H,36,44)(H,37,49)(H,46,47)(H,51,52)(H,53,54)(H,55,56)(H,58,59)(H2,38,39,50,57)/p-5/t14-,18-,19-,20-,22-,23+,27-/m0/s1. The highest BCUT2D eigenvalue weighted by Gasteiger charge is 2.33. The number of nitrogens with zero attached hydrogens (tertiary/aromatic N) is 1. The number of phosphoric acid groups is 1. The second kappa shape index (κ2) is 22.0. The fraction of sp³-hybridized carbons (Fsp3) is 0.500. The van der Waals surface area contributed by atoms with Crippen LogP contribution in [0.1, 0.15) is 56.6 Å². The van der Waals surface area contributed by atoms with Gasteiger partial charge in [-0.3, -0.25) is 33.7 Å². The second-order valence-electron chi connectivity index (χ2n) is 13.7. The lowest BCUT2D eigenvalue weighted by Crippen LogP contribution is -2.52. The molecule has 0 bridgehead atoms. The Morgan fingerprint density at radius 1 is 0.823 bits per heavy atom. The maximum Gasteiger partial charge on any atom is 0.327 e. The van der Waals surface area contributed by atoms with Gasteiger partial charge in [0.1, 0.15) is 36.0 Å². The number of aliphatic carboxylic acids is 4. The van der Waals surface area contributed by atoms with Crippen LogP contribution in [-0.4, -0.2) is 128 Å². The summed E-state index contributed by atoms with van der Waals surface area (Å²) < 4.78 is 21.6. The Kier molecular flexibility index (Phi) is 17.8. The van der Waals surface area contributed by atoms with Crippen molar-refractivity contribution in [3.63, 3.8) is 0 Å². The van der Waals surface area contributed by atoms with Gasteiger partial charge in [0.25, 0.3) is 13.4 Å². The Balaban J connectivity index is 1.52. The van der Waals surface area contributed by atoms with Crippen LogP contribution in [0.5, 0.6) is 5.75 Å². The van der Waals surface area contributed by atoms with E-state index in [0.29, 0.717) is 5.56 Å². The predicted molar refractivity (Wildman–Crippen MR) is 191 cm³/mol. The average Bonchev–Trinajstić information content (AvgIpc) is 3.17. The van der Waals surface area contributed by atoms with Gasteiger partial charge in [-0.1, -0.05) is 6.07 Å². The van der Waals surface area contributed by atoms with Crippen molar-refractivity contribution in [1.82, 2.24) is 25.9 Å². The van der Waals surface area contributed by atoms with E-state index in [1.165, 1.54) is 23.1 Å². The number of fused-ring (bicyclic) bond motifs is 2. The molecular formula is C34H40N6O21P-5. The van der Waals surface area contributed by atoms with E-state index in [9.17, 15) is 93.5 Å². The molecule has 28 heteroatoms. The molecule has 2 heterocycles. The Labute approximate surface area is 347 Å². The number of aliphatic hydroxyl groups is 3. The maximum absolute atomic E-state index is 12.6. The fourth-order valence-corrected chi connectivity index (χ4v) is 6.70. The summed E-state index contributed by atoms with van der Waals surface area (Å²) in [5.74, 6) is -11.3. The Morgan fingerprint density at radius 3 is 1.89 bits per heavy atom. The number of aromatic nitrogens is 2. The third kappa shape index (κ3) is 14.8. The molecular weight excluding hydrogens is 859 g/mol. The van der Waals surface area contributed by atoms with Crippen LogP contribution in [0, 0.1) is 0 Å². The van der Waals surface area contributed by atoms with Crippen LogP contribution in [0.4, 0.5) is 11.5 Å². The zero-order valence-electron chi connectivity index (χ0n) is 32.3. The van der Waals surface area contributed by atoms with Crippen LogP contribution >= 0.6 is 7.82 Å². The SMILES string of the molecule is C[C@H](OP(=O)([O-])OC[C@@H](O)[C@@H](O)[C@@H](O)CN1c2cc(O)ccc2Cc2c1[nH]c(=O)[nH]c2=O)C(=O)N[C@@H](CCC(=O)N[C@@H](CCC(=O)N[C@@H](CCC(=O)[O-])C(=O)[O-])C(=O)[O-])C(=O)[O-]. The third-order valence-corrected chi connectivity index (χ3v) is 10.1. The first-order valence-corrected chi connectivity index (χ1v) is 19.7. The smallest absolute Gasteiger partial charge is 0.327 e. The number of aromatic amines is 2. The van der Waals surface area contributed by atoms with Crippen LogP contribution < -0.4 is 57.4 Å². The molecule has 0 saturated heterocycles. The van der Waals surface area contributed by atoms with E-state index in [-0.39, 0.29) is 29.2 Å². The number of β-amino-alcohol motifs (C(OH)–C–C–N with tert-alkyl or cyclic N) is 1. The molecule has 0 saturated carbocycles. The molecule has 0 spiro atoms. The van der Waals surface area contributed by atoms with Gasteiger partial charge in [0.15, 0.2) is 0 Å². The van der Waals surface area contributed by atoms with Gasteiger partial charge in [0.2, 0.25) is 17.7 Å². The van der Waals surface area contributed by atoms with Crippen LogP contribution in [-0.2, 0) is 53.6 Å². The van der Waals surface area contributed by atoms with E-state index >= 15 is 0 Å². The molecule has 342 valence electrons. The van der Waals surface area contributed by atoms with Crippen molar-refractivity contribution in [3.05, 3.63) is 50.2 Å². The number of hydrogen-bond acceptors (Lipinski definition) is 22. The number of aliphatic hydroxyl groups excluding tert-OH is 3. The number of amides is 3. The summed E-state index contributed by atoms with van der Waals surface area (Å²) in [6, 6.07) is -1.63. The van der Waals surface area contributed by atoms with Gasteiger partial charge in [0, 0.05) is 37.0 Å². The topological polar surface area (TPSA) is 456 Å². The zero-order valence-corrected chi connectivity index (χ0v) is 33.2. The minimum Gasteiger partial charge on any atom is -0.756 e. The number of nitrogens with one attached hydrogen (secondary N) is 5. The zero-order chi connectivity index (χ0) is 46.6. The molecule has 1 aromatic heterocycles. The van der Waals surface area contributed by atoms with E-state index < -0.39 is 155 Å². The highest BCUT2D eigenvalue weighted by molar-refractivity contribution is 7.45. The summed E-state index contributed by atoms with van der Waals surface area (Å²) in [5, 5.41) is 92.5. The first-order chi connectivity index (χ1) is 28.9. The number of anilines is 2. The third-order valence-electron chi connectivity index (χ3n) is 9.03. The number of H-pyrrole nitrogens is 2. The van der Waals surface area contributed by atoms with Crippen LogP contribution in [0.15, 0.2) is 27.8 Å². The fourth-order valence-electron chi connectivity index (χ4n) is 5.82. The van der Waals surface area contributed by atoms with Crippen LogP contribution in [0.25, 0.3) is 0 Å². The van der Waals surface area contributed by atoms with Crippen molar-refractivity contribution in [1.29, 1.82) is 0 Å². The molecule has 1 aromatic carbocycles. The van der Waals surface area contributed by atoms with Crippen molar-refractivity contribution in [3.8, 4) is 5.75 Å². The molecule has 3 amide bonds. The number of phosphoric ester groups is 1. The van der Waals surface area contributed by atoms with E-state index in [2.05, 4.69) is 19.0 Å². The van der Waals surface area contributed by atoms with Gasteiger partial charge >= 0.3 is 5.69 Å². The summed E-state index contributed by atoms with van der Waals surface area (Å²) >= 11 is 0. The van der Waals surface area contributed by atoms with Crippen molar-refractivity contribution < 1.29 is 92.9 Å². The van der Waals surface area contributed by atoms with Crippen molar-refractivity contribution in [2.24, 2.45) is 0 Å². The number of carbonyl (C=O) groups is 7. The largest absolute Gasteiger partial charge is 0.756 e. The van der Waals surface area contributed by atoms with Gasteiger partial charge < -0.3 is 94.8 Å². The van der Waals surface area contributed by atoms with Crippen LogP contribution in [0.3, 0.4) is 0 Å². The first-order valence-electron chi connectivity index (χ1n) is 18.2. The second-order valence-corrected chi connectivity index (χ2v) is 15.1. The molecule has 3 rings (SSSR count). The number of carboxylic acid groups (broad SMARTS) is 4. The molecule has 1 unspecified atom stereocenters.